The first kappa shape index (κ1) is 25.8. The van der Waals surface area contributed by atoms with Crippen molar-refractivity contribution in [1.82, 2.24) is 9.97 Å². The highest BCUT2D eigenvalue weighted by Crippen LogP contribution is 2.34. The highest BCUT2D eigenvalue weighted by Gasteiger charge is 2.26. The average Bonchev–Trinajstić information content (AvgIpc) is 2.92. The molecule has 0 bridgehead atoms. The zero-order chi connectivity index (χ0) is 26.2. The molecule has 0 atom stereocenters. The Morgan fingerprint density at radius 3 is 2.49 bits per heavy atom. The summed E-state index contributed by atoms with van der Waals surface area (Å²) in [6.07, 6.45) is 5.94. The fourth-order valence-corrected chi connectivity index (χ4v) is 3.97. The molecule has 0 aliphatic heterocycles. The lowest BCUT2D eigenvalue weighted by molar-refractivity contribution is -0.115. The van der Waals surface area contributed by atoms with Gasteiger partial charge in [-0.2, -0.15) is 0 Å². The van der Waals surface area contributed by atoms with Crippen LogP contribution in [0.4, 0.5) is 11.5 Å². The van der Waals surface area contributed by atoms with Crippen molar-refractivity contribution in [3.8, 4) is 11.5 Å². The number of ether oxygens (including phenoxy) is 3. The van der Waals surface area contributed by atoms with Crippen LogP contribution >= 0.6 is 0 Å². The Morgan fingerprint density at radius 2 is 1.76 bits per heavy atom. The second-order valence-electron chi connectivity index (χ2n) is 8.37. The SMILES string of the molecule is CCCCN(C1=CC(=O)C(Nc2ncnc3cc(OCCOC)c(OC)cc23)=CC1=O)c1ccccc1. The normalized spacial score (nSPS) is 13.3. The van der Waals surface area contributed by atoms with Crippen LogP contribution in [-0.2, 0) is 14.3 Å². The van der Waals surface area contributed by atoms with E-state index in [-0.39, 0.29) is 17.3 Å². The Bertz CT molecular complexity index is 1340. The summed E-state index contributed by atoms with van der Waals surface area (Å²) < 4.78 is 16.3. The number of methoxy groups -OCH3 is 2. The number of ketones is 2. The number of fused-ring (bicyclic) bond motifs is 1. The first-order valence-electron chi connectivity index (χ1n) is 12.1. The maximum atomic E-state index is 13.2. The van der Waals surface area contributed by atoms with Gasteiger partial charge in [0.2, 0.25) is 11.6 Å². The van der Waals surface area contributed by atoms with Crippen LogP contribution in [0.5, 0.6) is 11.5 Å². The molecule has 0 amide bonds. The van der Waals surface area contributed by atoms with Crippen molar-refractivity contribution in [2.24, 2.45) is 0 Å². The molecule has 37 heavy (non-hydrogen) atoms. The van der Waals surface area contributed by atoms with Gasteiger partial charge in [0.15, 0.2) is 11.5 Å². The summed E-state index contributed by atoms with van der Waals surface area (Å²) in [7, 11) is 3.14. The van der Waals surface area contributed by atoms with Crippen LogP contribution in [0.15, 0.2) is 72.3 Å². The highest BCUT2D eigenvalue weighted by atomic mass is 16.5. The van der Waals surface area contributed by atoms with Gasteiger partial charge in [0.1, 0.15) is 18.8 Å². The van der Waals surface area contributed by atoms with Crippen LogP contribution in [0, 0.1) is 0 Å². The van der Waals surface area contributed by atoms with Crippen molar-refractivity contribution >= 4 is 34.0 Å². The van der Waals surface area contributed by atoms with E-state index in [2.05, 4.69) is 22.2 Å². The number of nitrogens with zero attached hydrogens (tertiary/aromatic N) is 3. The smallest absolute Gasteiger partial charge is 0.204 e. The number of anilines is 2. The van der Waals surface area contributed by atoms with Gasteiger partial charge < -0.3 is 24.4 Å². The van der Waals surface area contributed by atoms with E-state index in [9.17, 15) is 9.59 Å². The Morgan fingerprint density at radius 1 is 0.946 bits per heavy atom. The summed E-state index contributed by atoms with van der Waals surface area (Å²) in [6, 6.07) is 13.1. The van der Waals surface area contributed by atoms with Crippen molar-refractivity contribution in [2.75, 3.05) is 44.2 Å². The molecule has 1 heterocycles. The van der Waals surface area contributed by atoms with Crippen LogP contribution in [0.1, 0.15) is 19.8 Å². The van der Waals surface area contributed by atoms with E-state index in [4.69, 9.17) is 14.2 Å². The molecule has 1 aromatic heterocycles. The number of allylic oxidation sites excluding steroid dienone is 2. The lowest BCUT2D eigenvalue weighted by Crippen LogP contribution is -2.32. The number of benzene rings is 2. The molecule has 9 nitrogen and oxygen atoms in total. The molecule has 0 unspecified atom stereocenters. The number of rotatable bonds is 12. The molecular weight excluding hydrogens is 472 g/mol. The number of unbranched alkanes of at least 4 members (excludes halogenated alkanes) is 1. The Hall–Kier alpha value is -4.24. The second kappa shape index (κ2) is 12.1. The van der Waals surface area contributed by atoms with Gasteiger partial charge in [0, 0.05) is 42.9 Å². The van der Waals surface area contributed by atoms with Crippen molar-refractivity contribution in [3.05, 3.63) is 72.3 Å². The fourth-order valence-electron chi connectivity index (χ4n) is 3.97. The minimum Gasteiger partial charge on any atom is -0.493 e. The lowest BCUT2D eigenvalue weighted by atomic mass is 10.0. The molecule has 9 heteroatoms. The number of carbonyl (C=O) groups is 2. The Kier molecular flexibility index (Phi) is 8.48. The van der Waals surface area contributed by atoms with Crippen LogP contribution in [-0.4, -0.2) is 55.5 Å². The molecule has 0 spiro atoms. The summed E-state index contributed by atoms with van der Waals surface area (Å²) in [5.74, 6) is 0.803. The third-order valence-corrected chi connectivity index (χ3v) is 5.87. The maximum absolute atomic E-state index is 13.2. The third kappa shape index (κ3) is 5.95. The van der Waals surface area contributed by atoms with Gasteiger partial charge in [-0.05, 0) is 24.6 Å². The zero-order valence-electron chi connectivity index (χ0n) is 21.2. The minimum absolute atomic E-state index is 0.136. The second-order valence-corrected chi connectivity index (χ2v) is 8.37. The molecular formula is C28H30N4O5. The summed E-state index contributed by atoms with van der Waals surface area (Å²) in [5.41, 5.74) is 1.94. The number of aromatic nitrogens is 2. The molecule has 0 fully saturated rings. The topological polar surface area (TPSA) is 103 Å². The quantitative estimate of drug-likeness (QED) is 0.287. The van der Waals surface area contributed by atoms with E-state index in [1.165, 1.54) is 25.6 Å². The molecule has 0 saturated carbocycles. The first-order chi connectivity index (χ1) is 18.0. The largest absolute Gasteiger partial charge is 0.493 e. The number of para-hydroxylation sites is 1. The molecule has 3 aromatic rings. The molecule has 1 N–H and O–H groups in total. The molecule has 4 rings (SSSR count). The van der Waals surface area contributed by atoms with Gasteiger partial charge in [0.05, 0.1) is 30.6 Å². The van der Waals surface area contributed by atoms with Gasteiger partial charge >= 0.3 is 0 Å². The summed E-state index contributed by atoms with van der Waals surface area (Å²) in [5, 5.41) is 3.64. The summed E-state index contributed by atoms with van der Waals surface area (Å²) in [6.45, 7) is 3.50. The maximum Gasteiger partial charge on any atom is 0.204 e. The van der Waals surface area contributed by atoms with E-state index < -0.39 is 0 Å². The zero-order valence-corrected chi connectivity index (χ0v) is 21.2. The average molecular weight is 503 g/mol. The molecule has 0 saturated heterocycles. The van der Waals surface area contributed by atoms with Gasteiger partial charge in [0.25, 0.3) is 0 Å². The highest BCUT2D eigenvalue weighted by molar-refractivity contribution is 6.22. The number of hydrogen-bond donors (Lipinski definition) is 1. The van der Waals surface area contributed by atoms with Crippen LogP contribution < -0.4 is 19.7 Å². The fraction of sp³-hybridized carbons (Fsp3) is 0.286. The van der Waals surface area contributed by atoms with E-state index in [0.717, 1.165) is 18.5 Å². The molecule has 1 aliphatic rings. The van der Waals surface area contributed by atoms with Crippen LogP contribution in [0.3, 0.4) is 0 Å². The van der Waals surface area contributed by atoms with Crippen LogP contribution in [0.2, 0.25) is 0 Å². The van der Waals surface area contributed by atoms with Crippen molar-refractivity contribution in [2.45, 2.75) is 19.8 Å². The Balaban J connectivity index is 1.61. The van der Waals surface area contributed by atoms with E-state index in [1.54, 1.807) is 19.2 Å². The predicted octanol–water partition coefficient (Wildman–Crippen LogP) is 4.30. The Labute approximate surface area is 215 Å². The van der Waals surface area contributed by atoms with Crippen molar-refractivity contribution < 1.29 is 23.8 Å². The van der Waals surface area contributed by atoms with Gasteiger partial charge in [-0.15, -0.1) is 0 Å². The van der Waals surface area contributed by atoms with Gasteiger partial charge in [-0.25, -0.2) is 9.97 Å². The minimum atomic E-state index is -0.315. The van der Waals surface area contributed by atoms with Crippen molar-refractivity contribution in [1.29, 1.82) is 0 Å². The molecule has 0 radical (unpaired) electrons. The number of nitrogens with one attached hydrogen (secondary N) is 1. The van der Waals surface area contributed by atoms with E-state index >= 15 is 0 Å². The monoisotopic (exact) mass is 502 g/mol. The third-order valence-electron chi connectivity index (χ3n) is 5.87. The lowest BCUT2D eigenvalue weighted by Gasteiger charge is -2.28. The molecule has 1 aliphatic carbocycles. The van der Waals surface area contributed by atoms with Gasteiger partial charge in [-0.3, -0.25) is 9.59 Å². The molecule has 192 valence electrons. The van der Waals surface area contributed by atoms with E-state index in [1.807, 2.05) is 35.2 Å². The predicted molar refractivity (Wildman–Crippen MR) is 142 cm³/mol. The van der Waals surface area contributed by atoms with Crippen LogP contribution in [0.25, 0.3) is 10.9 Å². The number of hydrogen-bond acceptors (Lipinski definition) is 9. The molecule has 2 aromatic carbocycles. The first-order valence-corrected chi connectivity index (χ1v) is 12.1. The summed E-state index contributed by atoms with van der Waals surface area (Å²) in [4.78, 5) is 36.9. The van der Waals surface area contributed by atoms with Crippen molar-refractivity contribution in [3.63, 3.8) is 0 Å². The number of carbonyl (C=O) groups excluding carboxylic acids is 2. The standard InChI is InChI=1S/C28H30N4O5/c1-4-5-11-32(19-9-7-6-8-10-19)23-17-24(33)22(15-25(23)34)31-28-20-14-26(36-3)27(37-13-12-35-2)16-21(20)29-18-30-28/h6-10,14-18H,4-5,11-13H2,1-3H3,(H,29,30,31). The van der Waals surface area contributed by atoms with Gasteiger partial charge in [-0.1, -0.05) is 31.5 Å². The van der Waals surface area contributed by atoms with E-state index in [0.29, 0.717) is 53.7 Å². The summed E-state index contributed by atoms with van der Waals surface area (Å²) >= 11 is 0.